The van der Waals surface area contributed by atoms with Gasteiger partial charge in [0.2, 0.25) is 17.7 Å². The number of benzene rings is 2. The molecule has 0 radical (unpaired) electrons. The first-order valence-corrected chi connectivity index (χ1v) is 11.4. The summed E-state index contributed by atoms with van der Waals surface area (Å²) in [6, 6.07) is 7.47. The maximum Gasteiger partial charge on any atom is 0.418 e. The molecule has 6 nitrogen and oxygen atoms in total. The predicted octanol–water partition coefficient (Wildman–Crippen LogP) is 4.10. The summed E-state index contributed by atoms with van der Waals surface area (Å²) < 4.78 is 41.3. The van der Waals surface area contributed by atoms with Crippen molar-refractivity contribution in [2.24, 2.45) is 11.8 Å². The Kier molecular flexibility index (Phi) is 4.34. The normalized spacial score (nSPS) is 30.2. The van der Waals surface area contributed by atoms with E-state index in [9.17, 15) is 27.6 Å². The van der Waals surface area contributed by atoms with Gasteiger partial charge in [-0.05, 0) is 50.1 Å². The summed E-state index contributed by atoms with van der Waals surface area (Å²) in [5.41, 5.74) is -1.34. The van der Waals surface area contributed by atoms with Crippen molar-refractivity contribution < 1.29 is 27.6 Å². The van der Waals surface area contributed by atoms with Crippen molar-refractivity contribution in [3.63, 3.8) is 0 Å². The fourth-order valence-corrected chi connectivity index (χ4v) is 6.69. The van der Waals surface area contributed by atoms with Crippen molar-refractivity contribution in [1.29, 1.82) is 0 Å². The van der Waals surface area contributed by atoms with E-state index in [4.69, 9.17) is 11.6 Å². The van der Waals surface area contributed by atoms with Gasteiger partial charge >= 0.3 is 6.18 Å². The SMILES string of the molecule is Cc1c(Cl)ccc2c1NC(=O)[C@@]21[C@@H]2C(=O)N(c3ccccc3C(F)(F)F)C(=O)[C@H]2[C@H]2CCCN21. The Balaban J connectivity index is 1.57. The van der Waals surface area contributed by atoms with Gasteiger partial charge < -0.3 is 5.32 Å². The van der Waals surface area contributed by atoms with Crippen LogP contribution in [0.25, 0.3) is 0 Å². The van der Waals surface area contributed by atoms with E-state index in [-0.39, 0.29) is 0 Å². The molecule has 10 heteroatoms. The highest BCUT2D eigenvalue weighted by Gasteiger charge is 2.75. The molecule has 4 atom stereocenters. The smallest absolute Gasteiger partial charge is 0.324 e. The van der Waals surface area contributed by atoms with Crippen LogP contribution in [0.5, 0.6) is 0 Å². The van der Waals surface area contributed by atoms with Crippen LogP contribution in [0.1, 0.15) is 29.5 Å². The Labute approximate surface area is 197 Å². The molecule has 0 aromatic heterocycles. The summed E-state index contributed by atoms with van der Waals surface area (Å²) in [7, 11) is 0. The lowest BCUT2D eigenvalue weighted by Crippen LogP contribution is -2.54. The first-order chi connectivity index (χ1) is 16.1. The first kappa shape index (κ1) is 21.6. The number of carbonyl (C=O) groups excluding carboxylic acids is 3. The molecule has 34 heavy (non-hydrogen) atoms. The molecule has 3 amide bonds. The molecule has 1 N–H and O–H groups in total. The number of carbonyl (C=O) groups is 3. The Hall–Kier alpha value is -2.91. The lowest BCUT2D eigenvalue weighted by molar-refractivity contribution is -0.138. The number of imide groups is 1. The van der Waals surface area contributed by atoms with Crippen LogP contribution in [0, 0.1) is 18.8 Å². The van der Waals surface area contributed by atoms with Gasteiger partial charge in [-0.2, -0.15) is 13.2 Å². The summed E-state index contributed by atoms with van der Waals surface area (Å²) in [5, 5.41) is 3.31. The van der Waals surface area contributed by atoms with E-state index in [0.29, 0.717) is 46.1 Å². The maximum atomic E-state index is 13.9. The highest BCUT2D eigenvalue weighted by molar-refractivity contribution is 6.32. The lowest BCUT2D eigenvalue weighted by Gasteiger charge is -2.37. The number of halogens is 4. The van der Waals surface area contributed by atoms with Gasteiger partial charge in [-0.3, -0.25) is 19.3 Å². The third-order valence-electron chi connectivity index (χ3n) is 7.81. The highest BCUT2D eigenvalue weighted by Crippen LogP contribution is 2.61. The summed E-state index contributed by atoms with van der Waals surface area (Å²) in [6.45, 7) is 2.26. The third-order valence-corrected chi connectivity index (χ3v) is 8.22. The van der Waals surface area contributed by atoms with Crippen molar-refractivity contribution in [1.82, 2.24) is 4.90 Å². The van der Waals surface area contributed by atoms with Gasteiger partial charge in [0.15, 0.2) is 0 Å². The summed E-state index contributed by atoms with van der Waals surface area (Å²) in [4.78, 5) is 43.8. The Morgan fingerprint density at radius 2 is 1.82 bits per heavy atom. The number of hydrogen-bond donors (Lipinski definition) is 1. The molecule has 4 aliphatic heterocycles. The Morgan fingerprint density at radius 3 is 2.56 bits per heavy atom. The second-order valence-electron chi connectivity index (χ2n) is 9.25. The van der Waals surface area contributed by atoms with E-state index in [2.05, 4.69) is 5.32 Å². The predicted molar refractivity (Wildman–Crippen MR) is 117 cm³/mol. The molecule has 0 bridgehead atoms. The molecule has 0 unspecified atom stereocenters. The zero-order chi connectivity index (χ0) is 24.2. The van der Waals surface area contributed by atoms with E-state index in [1.54, 1.807) is 19.1 Å². The molecule has 6 rings (SSSR count). The van der Waals surface area contributed by atoms with Crippen molar-refractivity contribution in [2.75, 3.05) is 16.8 Å². The van der Waals surface area contributed by atoms with E-state index in [1.807, 2.05) is 4.90 Å². The lowest BCUT2D eigenvalue weighted by atomic mass is 9.75. The molecule has 2 aromatic rings. The molecule has 3 saturated heterocycles. The molecule has 3 fully saturated rings. The van der Waals surface area contributed by atoms with Crippen LogP contribution in [0.2, 0.25) is 5.02 Å². The molecule has 4 heterocycles. The molecule has 0 saturated carbocycles. The standard InChI is InChI=1S/C24H19ClF3N3O3/c1-11-14(25)9-8-13-19(11)29-22(34)23(13)18-17(16-7-4-10-30(16)23)20(32)31(21(18)33)15-6-3-2-5-12(15)24(26,27)28/h2-3,5-6,8-9,16-18H,4,7,10H2,1H3,(H,29,34)/t16-,17+,18+,23+/m1/s1. The van der Waals surface area contributed by atoms with Crippen LogP contribution < -0.4 is 10.2 Å². The van der Waals surface area contributed by atoms with E-state index < -0.39 is 58.6 Å². The molecule has 1 spiro atoms. The van der Waals surface area contributed by atoms with Crippen LogP contribution in [-0.2, 0) is 26.1 Å². The molecule has 0 aliphatic carbocycles. The van der Waals surface area contributed by atoms with Crippen LogP contribution in [-0.4, -0.2) is 35.2 Å². The number of nitrogens with zero attached hydrogens (tertiary/aromatic N) is 2. The van der Waals surface area contributed by atoms with Crippen LogP contribution >= 0.6 is 11.6 Å². The number of para-hydroxylation sites is 1. The number of amides is 3. The van der Waals surface area contributed by atoms with Gasteiger partial charge in [-0.15, -0.1) is 0 Å². The highest BCUT2D eigenvalue weighted by atomic mass is 35.5. The van der Waals surface area contributed by atoms with E-state index >= 15 is 0 Å². The number of hydrogen-bond acceptors (Lipinski definition) is 4. The third kappa shape index (κ3) is 2.43. The largest absolute Gasteiger partial charge is 0.418 e. The molecular weight excluding hydrogens is 471 g/mol. The average Bonchev–Trinajstić information content (AvgIpc) is 3.49. The number of rotatable bonds is 1. The minimum Gasteiger partial charge on any atom is -0.324 e. The van der Waals surface area contributed by atoms with Gasteiger partial charge in [-0.25, -0.2) is 4.90 Å². The zero-order valence-electron chi connectivity index (χ0n) is 17.9. The number of nitrogens with one attached hydrogen (secondary N) is 1. The number of alkyl halides is 3. The summed E-state index contributed by atoms with van der Waals surface area (Å²) in [6.07, 6.45) is -3.46. The Morgan fingerprint density at radius 1 is 1.09 bits per heavy atom. The van der Waals surface area contributed by atoms with Gasteiger partial charge in [0.05, 0.1) is 28.8 Å². The quantitative estimate of drug-likeness (QED) is 0.612. The van der Waals surface area contributed by atoms with Crippen molar-refractivity contribution >= 4 is 40.7 Å². The van der Waals surface area contributed by atoms with E-state index in [1.165, 1.54) is 12.1 Å². The number of anilines is 2. The van der Waals surface area contributed by atoms with Crippen molar-refractivity contribution in [2.45, 2.75) is 37.5 Å². The van der Waals surface area contributed by atoms with Gasteiger partial charge in [0.25, 0.3) is 0 Å². The van der Waals surface area contributed by atoms with Gasteiger partial charge in [0, 0.05) is 16.6 Å². The van der Waals surface area contributed by atoms with E-state index in [0.717, 1.165) is 12.1 Å². The number of fused-ring (bicyclic) bond motifs is 7. The molecule has 2 aromatic carbocycles. The van der Waals surface area contributed by atoms with Crippen LogP contribution in [0.3, 0.4) is 0 Å². The van der Waals surface area contributed by atoms with Gasteiger partial charge in [-0.1, -0.05) is 29.8 Å². The average molecular weight is 490 g/mol. The molecular formula is C24H19ClF3N3O3. The second kappa shape index (κ2) is 6.82. The minimum absolute atomic E-state index is 0.419. The molecule has 4 aliphatic rings. The monoisotopic (exact) mass is 489 g/mol. The molecule has 176 valence electrons. The minimum atomic E-state index is -4.75. The zero-order valence-corrected chi connectivity index (χ0v) is 18.7. The van der Waals surface area contributed by atoms with Crippen molar-refractivity contribution in [3.05, 3.63) is 58.1 Å². The van der Waals surface area contributed by atoms with Crippen LogP contribution in [0.4, 0.5) is 24.5 Å². The van der Waals surface area contributed by atoms with Crippen molar-refractivity contribution in [3.8, 4) is 0 Å². The summed E-state index contributed by atoms with van der Waals surface area (Å²) >= 11 is 6.27. The van der Waals surface area contributed by atoms with Gasteiger partial charge in [0.1, 0.15) is 5.54 Å². The fraction of sp³-hybridized carbons (Fsp3) is 0.375. The van der Waals surface area contributed by atoms with Crippen LogP contribution in [0.15, 0.2) is 36.4 Å². The Bertz CT molecular complexity index is 1300. The first-order valence-electron chi connectivity index (χ1n) is 11.0. The topological polar surface area (TPSA) is 69.7 Å². The second-order valence-corrected chi connectivity index (χ2v) is 9.66. The summed E-state index contributed by atoms with van der Waals surface area (Å²) in [5.74, 6) is -3.96. The fourth-order valence-electron chi connectivity index (χ4n) is 6.54. The maximum absolute atomic E-state index is 13.9.